The summed E-state index contributed by atoms with van der Waals surface area (Å²) in [5, 5.41) is 2.61. The number of carbonyl (C=O) groups is 3. The Bertz CT molecular complexity index is 2520. The lowest BCUT2D eigenvalue weighted by Gasteiger charge is -2.37. The summed E-state index contributed by atoms with van der Waals surface area (Å²) in [5.41, 5.74) is 11.0. The van der Waals surface area contributed by atoms with Gasteiger partial charge in [-0.25, -0.2) is 14.8 Å². The van der Waals surface area contributed by atoms with E-state index in [0.717, 1.165) is 90.5 Å². The van der Waals surface area contributed by atoms with Crippen molar-refractivity contribution < 1.29 is 19.1 Å². The topological polar surface area (TPSA) is 140 Å². The summed E-state index contributed by atoms with van der Waals surface area (Å²) < 4.78 is 4.76. The third kappa shape index (κ3) is 7.58. The number of H-pyrrole nitrogens is 2. The van der Waals surface area contributed by atoms with Gasteiger partial charge in [-0.2, -0.15) is 0 Å². The number of benzene rings is 2. The molecule has 3 amide bonds. The Kier molecular flexibility index (Phi) is 11.0. The Labute approximate surface area is 357 Å². The van der Waals surface area contributed by atoms with Gasteiger partial charge in [0.25, 0.3) is 5.91 Å². The molecule has 2 aromatic carbocycles. The second-order valence-corrected chi connectivity index (χ2v) is 17.2. The molecule has 2 fully saturated rings. The molecule has 0 saturated carbocycles. The molecule has 2 unspecified atom stereocenters. The summed E-state index contributed by atoms with van der Waals surface area (Å²) in [6, 6.07) is 16.4. The molecule has 4 aromatic rings. The van der Waals surface area contributed by atoms with E-state index in [1.807, 2.05) is 23.4 Å². The smallest absolute Gasteiger partial charge is 0.411 e. The van der Waals surface area contributed by atoms with Gasteiger partial charge in [-0.15, -0.1) is 0 Å². The summed E-state index contributed by atoms with van der Waals surface area (Å²) in [6.07, 6.45) is 18.8. The highest BCUT2D eigenvalue weighted by atomic mass is 16.5. The highest BCUT2D eigenvalue weighted by Crippen LogP contribution is 2.43. The van der Waals surface area contributed by atoms with Crippen molar-refractivity contribution in [1.82, 2.24) is 40.0 Å². The summed E-state index contributed by atoms with van der Waals surface area (Å²) in [7, 11) is 3.34. The van der Waals surface area contributed by atoms with Gasteiger partial charge < -0.3 is 24.5 Å². The first-order chi connectivity index (χ1) is 29.6. The van der Waals surface area contributed by atoms with Gasteiger partial charge in [0.05, 0.1) is 43.0 Å². The first-order valence-corrected chi connectivity index (χ1v) is 21.5. The fourth-order valence-electron chi connectivity index (χ4n) is 9.92. The summed E-state index contributed by atoms with van der Waals surface area (Å²) >= 11 is 0. The van der Waals surface area contributed by atoms with E-state index < -0.39 is 6.09 Å². The maximum absolute atomic E-state index is 14.1. The number of carbonyl (C=O) groups excluding carboxylic acids is 3. The average molecular weight is 819 g/mol. The maximum Gasteiger partial charge on any atom is 0.411 e. The van der Waals surface area contributed by atoms with Crippen molar-refractivity contribution in [3.05, 3.63) is 142 Å². The molecular formula is C49H54N8O4. The average Bonchev–Trinajstić information content (AvgIpc) is 4.12. The van der Waals surface area contributed by atoms with Crippen LogP contribution in [0.4, 0.5) is 4.79 Å². The predicted octanol–water partition coefficient (Wildman–Crippen LogP) is 8.24. The molecule has 3 N–H and O–H groups in total. The Morgan fingerprint density at radius 3 is 2.25 bits per heavy atom. The number of allylic oxidation sites excluding steroid dienone is 9. The summed E-state index contributed by atoms with van der Waals surface area (Å²) in [6.45, 7) is 8.04. The van der Waals surface area contributed by atoms with Crippen LogP contribution in [-0.2, 0) is 20.7 Å². The number of likely N-dealkylation sites (N-methyl/N-ethyl adjacent to an activating group) is 1. The van der Waals surface area contributed by atoms with Gasteiger partial charge in [0.1, 0.15) is 23.4 Å². The van der Waals surface area contributed by atoms with Gasteiger partial charge in [-0.3, -0.25) is 19.8 Å². The molecule has 2 saturated heterocycles. The van der Waals surface area contributed by atoms with Crippen LogP contribution in [0.3, 0.4) is 0 Å². The normalized spacial score (nSPS) is 23.4. The van der Waals surface area contributed by atoms with Crippen LogP contribution in [0.1, 0.15) is 98.6 Å². The number of likely N-dealkylation sites (tertiary alicyclic amines) is 2. The lowest BCUT2D eigenvalue weighted by atomic mass is 9.74. The second-order valence-electron chi connectivity index (χ2n) is 17.2. The van der Waals surface area contributed by atoms with E-state index in [1.54, 1.807) is 18.7 Å². The molecule has 0 bridgehead atoms. The number of nitrogens with one attached hydrogen (secondary N) is 3. The van der Waals surface area contributed by atoms with E-state index in [9.17, 15) is 14.4 Å². The fourth-order valence-corrected chi connectivity index (χ4v) is 9.92. The van der Waals surface area contributed by atoms with Gasteiger partial charge in [-0.1, -0.05) is 85.8 Å². The number of aromatic nitrogens is 4. The van der Waals surface area contributed by atoms with Crippen LogP contribution in [0, 0.1) is 11.8 Å². The largest absolute Gasteiger partial charge is 0.453 e. The van der Waals surface area contributed by atoms with E-state index in [-0.39, 0.29) is 47.5 Å². The van der Waals surface area contributed by atoms with Crippen molar-refractivity contribution in [2.24, 2.45) is 11.8 Å². The van der Waals surface area contributed by atoms with Crippen LogP contribution in [-0.4, -0.2) is 86.3 Å². The van der Waals surface area contributed by atoms with Gasteiger partial charge >= 0.3 is 6.09 Å². The van der Waals surface area contributed by atoms with E-state index >= 15 is 0 Å². The van der Waals surface area contributed by atoms with Gasteiger partial charge in [0.15, 0.2) is 0 Å². The van der Waals surface area contributed by atoms with Gasteiger partial charge in [0, 0.05) is 25.6 Å². The highest BCUT2D eigenvalue weighted by molar-refractivity contribution is 5.97. The number of methoxy groups -OCH3 is 1. The van der Waals surface area contributed by atoms with Crippen molar-refractivity contribution in [2.75, 3.05) is 33.8 Å². The number of hydrogen-bond donors (Lipinski definition) is 3. The van der Waals surface area contributed by atoms with E-state index in [0.29, 0.717) is 12.1 Å². The molecule has 3 aliphatic heterocycles. The minimum atomic E-state index is -0.667. The zero-order chi connectivity index (χ0) is 42.4. The number of rotatable bonds is 8. The van der Waals surface area contributed by atoms with Gasteiger partial charge in [0.2, 0.25) is 5.91 Å². The molecule has 9 rings (SSSR count). The predicted molar refractivity (Wildman–Crippen MR) is 235 cm³/mol. The number of aromatic amines is 2. The van der Waals surface area contributed by atoms with E-state index in [2.05, 4.69) is 107 Å². The first kappa shape index (κ1) is 40.2. The third-order valence-corrected chi connectivity index (χ3v) is 13.3. The molecular weight excluding hydrogens is 765 g/mol. The van der Waals surface area contributed by atoms with Crippen molar-refractivity contribution in [3.8, 4) is 11.3 Å². The SMILES string of the molecule is COC(=O)NC(C(=O)N1CCC[C@H]1c1ncc(C2=CC=C3C=C(c4ccc(-c5cnc([C@@H]6CCCN6C(=O)[C@H]6c7ccccc7CCN6C)[nH]5)cc4)C=CC3C2C)[nH]1)=C(C)C. The Morgan fingerprint density at radius 2 is 1.51 bits per heavy atom. The van der Waals surface area contributed by atoms with Crippen LogP contribution in [0.2, 0.25) is 0 Å². The number of alkyl carbamates (subject to hydrolysis) is 1. The molecule has 0 spiro atoms. The number of ether oxygens (including phenoxy) is 1. The molecule has 5 aliphatic rings. The molecule has 61 heavy (non-hydrogen) atoms. The third-order valence-electron chi connectivity index (χ3n) is 13.3. The monoisotopic (exact) mass is 818 g/mol. The molecule has 12 heteroatoms. The number of imidazole rings is 2. The number of amides is 3. The molecule has 0 radical (unpaired) electrons. The first-order valence-electron chi connectivity index (χ1n) is 21.5. The van der Waals surface area contributed by atoms with Gasteiger partial charge in [-0.05, 0) is 103 Å². The number of nitrogens with zero attached hydrogens (tertiary/aromatic N) is 5. The van der Waals surface area contributed by atoms with Crippen LogP contribution >= 0.6 is 0 Å². The van der Waals surface area contributed by atoms with Crippen LogP contribution in [0.15, 0.2) is 108 Å². The Balaban J connectivity index is 0.876. The summed E-state index contributed by atoms with van der Waals surface area (Å²) in [5.74, 6) is 1.93. The fraction of sp³-hybridized carbons (Fsp3) is 0.367. The van der Waals surface area contributed by atoms with E-state index in [1.165, 1.54) is 23.8 Å². The Hall–Kier alpha value is -6.27. The van der Waals surface area contributed by atoms with Crippen LogP contribution in [0.5, 0.6) is 0 Å². The molecule has 314 valence electrons. The van der Waals surface area contributed by atoms with Crippen LogP contribution < -0.4 is 5.32 Å². The zero-order valence-corrected chi connectivity index (χ0v) is 35.6. The highest BCUT2D eigenvalue weighted by Gasteiger charge is 2.40. The zero-order valence-electron chi connectivity index (χ0n) is 35.6. The minimum Gasteiger partial charge on any atom is -0.453 e. The lowest BCUT2D eigenvalue weighted by Crippen LogP contribution is -2.44. The van der Waals surface area contributed by atoms with Crippen molar-refractivity contribution in [2.45, 2.75) is 71.0 Å². The molecule has 5 atom stereocenters. The Morgan fingerprint density at radius 1 is 0.836 bits per heavy atom. The standard InChI is InChI=1S/C49H54N8O4/c1-29(2)43(54-49(60)61-5)47(58)56-23-8-12-41(56)46-51-28-40(53-46)37-21-19-35-26-34(18-20-36(35)30(37)3)31-14-16-33(17-15-31)39-27-50-45(52-39)42-13-9-24-57(42)48(59)44-38-11-7-6-10-32(38)22-25-55(44)4/h6-7,10-11,14-21,26-28,30,36,41-42,44H,8-9,12-13,22-25H2,1-5H3,(H,50,52)(H,51,53)(H,54,60)/t30?,36?,41-,42-,44+/m0/s1. The quantitative estimate of drug-likeness (QED) is 0.152. The van der Waals surface area contributed by atoms with E-state index in [4.69, 9.17) is 14.7 Å². The molecule has 2 aliphatic carbocycles. The molecule has 2 aromatic heterocycles. The van der Waals surface area contributed by atoms with Crippen molar-refractivity contribution in [1.29, 1.82) is 0 Å². The molecule has 5 heterocycles. The van der Waals surface area contributed by atoms with Crippen molar-refractivity contribution >= 4 is 29.1 Å². The minimum absolute atomic E-state index is 0.0721. The number of fused-ring (bicyclic) bond motifs is 2. The molecule has 12 nitrogen and oxygen atoms in total. The van der Waals surface area contributed by atoms with Crippen molar-refractivity contribution in [3.63, 3.8) is 0 Å². The maximum atomic E-state index is 14.1. The summed E-state index contributed by atoms with van der Waals surface area (Å²) in [4.78, 5) is 62.5. The van der Waals surface area contributed by atoms with Crippen LogP contribution in [0.25, 0.3) is 22.4 Å². The number of hydrogen-bond acceptors (Lipinski definition) is 7. The second kappa shape index (κ2) is 16.6. The lowest BCUT2D eigenvalue weighted by molar-refractivity contribution is -0.138.